The van der Waals surface area contributed by atoms with Gasteiger partial charge in [-0.25, -0.2) is 0 Å². The summed E-state index contributed by atoms with van der Waals surface area (Å²) in [4.78, 5) is 31.8. The second-order valence-electron chi connectivity index (χ2n) is 7.78. The van der Waals surface area contributed by atoms with E-state index in [1.54, 1.807) is 4.90 Å². The summed E-state index contributed by atoms with van der Waals surface area (Å²) >= 11 is 0. The maximum Gasteiger partial charge on any atom is 0.305 e. The number of carbonyl (C=O) groups excluding carboxylic acids is 1. The number of pyridine rings is 1. The van der Waals surface area contributed by atoms with Gasteiger partial charge < -0.3 is 10.0 Å². The van der Waals surface area contributed by atoms with E-state index in [0.29, 0.717) is 19.5 Å². The third kappa shape index (κ3) is 3.86. The molecule has 0 radical (unpaired) electrons. The average Bonchev–Trinajstić information content (AvgIpc) is 2.90. The number of halogens is 1. The Labute approximate surface area is 161 Å². The van der Waals surface area contributed by atoms with Crippen LogP contribution in [0.4, 0.5) is 0 Å². The van der Waals surface area contributed by atoms with Crippen LogP contribution in [0.5, 0.6) is 0 Å². The van der Waals surface area contributed by atoms with E-state index in [1.165, 1.54) is 0 Å². The highest BCUT2D eigenvalue weighted by atomic mass is 35.5. The molecule has 1 aromatic rings. The van der Waals surface area contributed by atoms with E-state index >= 15 is 0 Å². The number of hydrogen-bond donors (Lipinski definition) is 1. The van der Waals surface area contributed by atoms with Crippen LogP contribution in [0.1, 0.15) is 44.2 Å². The van der Waals surface area contributed by atoms with Gasteiger partial charge in [0.1, 0.15) is 0 Å². The number of carboxylic acid groups (broad SMARTS) is 1. The average molecular weight is 382 g/mol. The second kappa shape index (κ2) is 7.92. The summed E-state index contributed by atoms with van der Waals surface area (Å²) in [7, 11) is 4.21. The topological polar surface area (TPSA) is 73.7 Å². The molecule has 0 atom stereocenters. The lowest BCUT2D eigenvalue weighted by atomic mass is 9.65. The van der Waals surface area contributed by atoms with Crippen LogP contribution in [-0.2, 0) is 15.1 Å². The Kier molecular flexibility index (Phi) is 6.29. The third-order valence-electron chi connectivity index (χ3n) is 6.14. The predicted molar refractivity (Wildman–Crippen MR) is 101 cm³/mol. The quantitative estimate of drug-likeness (QED) is 0.848. The molecule has 3 rings (SSSR count). The van der Waals surface area contributed by atoms with Gasteiger partial charge in [-0.05, 0) is 57.3 Å². The molecule has 1 aromatic heterocycles. The Morgan fingerprint density at radius 3 is 2.50 bits per heavy atom. The van der Waals surface area contributed by atoms with Crippen molar-refractivity contribution in [2.45, 2.75) is 44.1 Å². The molecule has 144 valence electrons. The van der Waals surface area contributed by atoms with Crippen molar-refractivity contribution in [2.24, 2.45) is 5.41 Å². The van der Waals surface area contributed by atoms with Crippen LogP contribution in [0.15, 0.2) is 24.4 Å². The molecule has 1 N–H and O–H groups in total. The second-order valence-corrected chi connectivity index (χ2v) is 7.78. The van der Waals surface area contributed by atoms with Gasteiger partial charge in [0.2, 0.25) is 5.91 Å². The number of carboxylic acids is 1. The Morgan fingerprint density at radius 2 is 1.96 bits per heavy atom. The van der Waals surface area contributed by atoms with Crippen molar-refractivity contribution in [2.75, 3.05) is 27.2 Å². The van der Waals surface area contributed by atoms with Crippen molar-refractivity contribution >= 4 is 24.3 Å². The number of likely N-dealkylation sites (tertiary alicyclic amines) is 1. The van der Waals surface area contributed by atoms with Gasteiger partial charge in [-0.15, -0.1) is 12.4 Å². The molecule has 0 bridgehead atoms. The molecule has 0 aromatic carbocycles. The van der Waals surface area contributed by atoms with E-state index < -0.39 is 5.97 Å². The van der Waals surface area contributed by atoms with E-state index in [9.17, 15) is 9.59 Å². The summed E-state index contributed by atoms with van der Waals surface area (Å²) in [6.45, 7) is 1.03. The first kappa shape index (κ1) is 20.6. The Morgan fingerprint density at radius 1 is 1.27 bits per heavy atom. The summed E-state index contributed by atoms with van der Waals surface area (Å²) in [6.07, 6.45) is 6.30. The van der Waals surface area contributed by atoms with Crippen molar-refractivity contribution < 1.29 is 14.7 Å². The van der Waals surface area contributed by atoms with Gasteiger partial charge in [-0.1, -0.05) is 6.07 Å². The standard InChI is InChI=1S/C19H27N3O3.ClH/c1-21(2)19(15-5-3-4-11-20-15)9-7-18(8-10-19)13-16(23)22(14-18)12-6-17(24)25;/h3-5,11H,6-10,12-14H2,1-2H3,(H,24,25);1H/t18-,19-;. The largest absolute Gasteiger partial charge is 0.481 e. The zero-order valence-electron chi connectivity index (χ0n) is 15.5. The number of hydrogen-bond acceptors (Lipinski definition) is 4. The molecule has 26 heavy (non-hydrogen) atoms. The summed E-state index contributed by atoms with van der Waals surface area (Å²) in [5.41, 5.74) is 1.02. The van der Waals surface area contributed by atoms with Gasteiger partial charge in [0, 0.05) is 25.7 Å². The van der Waals surface area contributed by atoms with E-state index in [2.05, 4.69) is 30.0 Å². The van der Waals surface area contributed by atoms with Crippen LogP contribution in [0, 0.1) is 5.41 Å². The normalized spacial score (nSPS) is 28.4. The van der Waals surface area contributed by atoms with E-state index in [-0.39, 0.29) is 35.7 Å². The minimum absolute atomic E-state index is 0. The first-order valence-electron chi connectivity index (χ1n) is 8.95. The SMILES string of the molecule is CN(C)[C@]1(c2ccccn2)CC[C@@]2(CC1)CC(=O)N(CCC(=O)O)C2.Cl. The maximum absolute atomic E-state index is 12.3. The lowest BCUT2D eigenvalue weighted by Gasteiger charge is -2.48. The molecule has 2 fully saturated rings. The number of aliphatic carboxylic acids is 1. The van der Waals surface area contributed by atoms with Crippen LogP contribution in [0.3, 0.4) is 0 Å². The van der Waals surface area contributed by atoms with Gasteiger partial charge in [-0.2, -0.15) is 0 Å². The molecule has 2 heterocycles. The van der Waals surface area contributed by atoms with Crippen LogP contribution in [0.25, 0.3) is 0 Å². The Balaban J connectivity index is 0.00000243. The summed E-state index contributed by atoms with van der Waals surface area (Å²) < 4.78 is 0. The first-order valence-corrected chi connectivity index (χ1v) is 8.95. The number of aromatic nitrogens is 1. The van der Waals surface area contributed by atoms with Crippen molar-refractivity contribution in [1.29, 1.82) is 0 Å². The molecule has 1 aliphatic heterocycles. The van der Waals surface area contributed by atoms with Gasteiger partial charge in [0.25, 0.3) is 0 Å². The van der Waals surface area contributed by atoms with Gasteiger partial charge >= 0.3 is 5.97 Å². The van der Waals surface area contributed by atoms with E-state index in [4.69, 9.17) is 5.11 Å². The molecule has 1 saturated heterocycles. The van der Waals surface area contributed by atoms with Crippen LogP contribution < -0.4 is 0 Å². The minimum Gasteiger partial charge on any atom is -0.481 e. The van der Waals surface area contributed by atoms with Crippen LogP contribution >= 0.6 is 12.4 Å². The smallest absolute Gasteiger partial charge is 0.305 e. The minimum atomic E-state index is -0.848. The third-order valence-corrected chi connectivity index (χ3v) is 6.14. The monoisotopic (exact) mass is 381 g/mol. The highest BCUT2D eigenvalue weighted by molar-refractivity contribution is 5.85. The van der Waals surface area contributed by atoms with Crippen molar-refractivity contribution in [3.05, 3.63) is 30.1 Å². The fourth-order valence-electron chi connectivity index (χ4n) is 4.52. The molecule has 6 nitrogen and oxygen atoms in total. The van der Waals surface area contributed by atoms with Crippen LogP contribution in [-0.4, -0.2) is 59.0 Å². The van der Waals surface area contributed by atoms with E-state index in [1.807, 2.05) is 18.3 Å². The summed E-state index contributed by atoms with van der Waals surface area (Å²) in [6, 6.07) is 6.06. The molecular formula is C19H28ClN3O3. The molecular weight excluding hydrogens is 354 g/mol. The Bertz CT molecular complexity index is 643. The lowest BCUT2D eigenvalue weighted by Crippen LogP contribution is -2.48. The number of carbonyl (C=O) groups is 2. The molecule has 1 saturated carbocycles. The maximum atomic E-state index is 12.3. The van der Waals surface area contributed by atoms with Crippen molar-refractivity contribution in [1.82, 2.24) is 14.8 Å². The summed E-state index contributed by atoms with van der Waals surface area (Å²) in [5, 5.41) is 8.87. The molecule has 7 heteroatoms. The molecule has 1 aliphatic carbocycles. The van der Waals surface area contributed by atoms with E-state index in [0.717, 1.165) is 31.4 Å². The molecule has 1 amide bonds. The Hall–Kier alpha value is -1.66. The molecule has 0 unspecified atom stereocenters. The van der Waals surface area contributed by atoms with Gasteiger partial charge in [-0.3, -0.25) is 19.5 Å². The van der Waals surface area contributed by atoms with Crippen LogP contribution in [0.2, 0.25) is 0 Å². The van der Waals surface area contributed by atoms with Gasteiger partial charge in [0.05, 0.1) is 17.7 Å². The zero-order valence-corrected chi connectivity index (χ0v) is 16.3. The first-order chi connectivity index (χ1) is 11.9. The fraction of sp³-hybridized carbons (Fsp3) is 0.632. The zero-order chi connectivity index (χ0) is 18.1. The predicted octanol–water partition coefficient (Wildman–Crippen LogP) is 2.53. The number of amides is 1. The lowest BCUT2D eigenvalue weighted by molar-refractivity contribution is -0.137. The number of rotatable bonds is 5. The highest BCUT2D eigenvalue weighted by Crippen LogP contribution is 2.51. The highest BCUT2D eigenvalue weighted by Gasteiger charge is 2.50. The summed E-state index contributed by atoms with van der Waals surface area (Å²) in [5.74, 6) is -0.740. The van der Waals surface area contributed by atoms with Crippen molar-refractivity contribution in [3.8, 4) is 0 Å². The van der Waals surface area contributed by atoms with Gasteiger partial charge in [0.15, 0.2) is 0 Å². The molecule has 2 aliphatic rings. The fourth-order valence-corrected chi connectivity index (χ4v) is 4.52. The molecule has 1 spiro atoms. The number of nitrogens with zero attached hydrogens (tertiary/aromatic N) is 3. The van der Waals surface area contributed by atoms with Crippen molar-refractivity contribution in [3.63, 3.8) is 0 Å².